The molecule has 6 heterocycles. The summed E-state index contributed by atoms with van der Waals surface area (Å²) in [6.07, 6.45) is 5.20. The Balaban J connectivity index is 0.758. The largest absolute Gasteiger partial charge is 0.397 e. The average molecular weight is 953 g/mol. The maximum atomic E-state index is 13.9. The van der Waals surface area contributed by atoms with Crippen molar-refractivity contribution < 1.29 is 23.9 Å². The molecule has 3 aliphatic rings. The second-order valence-corrected chi connectivity index (χ2v) is 19.0. The average Bonchev–Trinajstić information content (AvgIpc) is 4.12. The van der Waals surface area contributed by atoms with Crippen molar-refractivity contribution in [3.8, 4) is 16.5 Å². The van der Waals surface area contributed by atoms with Crippen LogP contribution in [0.1, 0.15) is 78.7 Å². The highest BCUT2D eigenvalue weighted by molar-refractivity contribution is 7.13. The lowest BCUT2D eigenvalue weighted by molar-refractivity contribution is -0.139. The van der Waals surface area contributed by atoms with Gasteiger partial charge in [0.05, 0.1) is 58.4 Å². The number of nitriles is 1. The lowest BCUT2D eigenvalue weighted by Gasteiger charge is -2.35. The Hall–Kier alpha value is -6.04. The molecule has 0 spiro atoms. The molecule has 0 radical (unpaired) electrons. The van der Waals surface area contributed by atoms with E-state index < -0.39 is 17.5 Å². The Morgan fingerprint density at radius 3 is 2.60 bits per heavy atom. The zero-order chi connectivity index (χ0) is 47.7. The second kappa shape index (κ2) is 22.2. The molecule has 0 saturated carbocycles. The number of halogens is 1. The van der Waals surface area contributed by atoms with E-state index >= 15 is 0 Å². The number of hydrogen-bond acceptors (Lipinski definition) is 14. The number of fused-ring (bicyclic) bond motifs is 1. The number of benzene rings is 1. The molecule has 7 rings (SSSR count). The number of nitrogens with one attached hydrogen (secondary N) is 4. The number of hydrogen-bond donors (Lipinski definition) is 5. The maximum absolute atomic E-state index is 13.9. The van der Waals surface area contributed by atoms with Crippen LogP contribution in [0.3, 0.4) is 0 Å². The monoisotopic (exact) mass is 951 g/mol. The fourth-order valence-electron chi connectivity index (χ4n) is 8.84. The molecule has 3 aliphatic heterocycles. The number of pyridine rings is 1. The van der Waals surface area contributed by atoms with Crippen molar-refractivity contribution in [2.24, 2.45) is 16.1 Å². The molecular weight excluding hydrogens is 894 g/mol. The lowest BCUT2D eigenvalue weighted by atomic mass is 9.79. The first-order chi connectivity index (χ1) is 32.2. The summed E-state index contributed by atoms with van der Waals surface area (Å²) in [5.41, 5.74) is 12.4. The van der Waals surface area contributed by atoms with Crippen LogP contribution < -0.4 is 21.7 Å². The number of carbonyl (C=O) groups excluding carboxylic acids is 4. The summed E-state index contributed by atoms with van der Waals surface area (Å²) in [4.78, 5) is 73.6. The number of carbonyl (C=O) groups is 4. The van der Waals surface area contributed by atoms with E-state index in [1.165, 1.54) is 6.21 Å². The van der Waals surface area contributed by atoms with Crippen molar-refractivity contribution in [1.82, 2.24) is 50.8 Å². The smallest absolute Gasteiger partial charge is 0.272 e. The first-order valence-corrected chi connectivity index (χ1v) is 23.8. The summed E-state index contributed by atoms with van der Waals surface area (Å²) in [5, 5.41) is 25.1. The molecule has 1 aromatic carbocycles. The molecule has 20 heteroatoms. The van der Waals surface area contributed by atoms with Gasteiger partial charge in [0, 0.05) is 69.6 Å². The Kier molecular flexibility index (Phi) is 16.2. The first kappa shape index (κ1) is 48.9. The van der Waals surface area contributed by atoms with E-state index in [0.29, 0.717) is 49.6 Å². The number of H-pyrrole nitrogens is 1. The molecule has 6 N–H and O–H groups in total. The van der Waals surface area contributed by atoms with Crippen molar-refractivity contribution in [2.75, 3.05) is 52.4 Å². The summed E-state index contributed by atoms with van der Waals surface area (Å²) < 4.78 is 5.87. The molecule has 67 heavy (non-hydrogen) atoms. The molecule has 0 bridgehead atoms. The Morgan fingerprint density at radius 1 is 1.12 bits per heavy atom. The zero-order valence-corrected chi connectivity index (χ0v) is 39.8. The molecule has 4 aromatic rings. The predicted octanol–water partition coefficient (Wildman–Crippen LogP) is 3.68. The maximum Gasteiger partial charge on any atom is 0.272 e. The Labute approximate surface area is 399 Å². The van der Waals surface area contributed by atoms with Gasteiger partial charge in [-0.1, -0.05) is 49.7 Å². The fourth-order valence-corrected chi connectivity index (χ4v) is 9.85. The van der Waals surface area contributed by atoms with E-state index in [1.54, 1.807) is 40.5 Å². The Morgan fingerprint density at radius 2 is 1.88 bits per heavy atom. The van der Waals surface area contributed by atoms with E-state index in [0.717, 1.165) is 60.8 Å². The van der Waals surface area contributed by atoms with Gasteiger partial charge in [-0.15, -0.1) is 11.3 Å². The summed E-state index contributed by atoms with van der Waals surface area (Å²) in [5.74, 6) is -0.887. The zero-order valence-electron chi connectivity index (χ0n) is 38.3. The van der Waals surface area contributed by atoms with Crippen molar-refractivity contribution in [1.29, 1.82) is 5.26 Å². The number of amides is 4. The highest BCUT2D eigenvalue weighted by Gasteiger charge is 2.59. The fraction of sp³-hybridized carbons (Fsp3) is 0.468. The molecule has 3 saturated heterocycles. The number of ether oxygens (including phenoxy) is 1. The van der Waals surface area contributed by atoms with Gasteiger partial charge in [0.2, 0.25) is 17.7 Å². The van der Waals surface area contributed by atoms with E-state index in [2.05, 4.69) is 50.9 Å². The van der Waals surface area contributed by atoms with Gasteiger partial charge < -0.3 is 36.2 Å². The van der Waals surface area contributed by atoms with Crippen LogP contribution in [0.25, 0.3) is 16.1 Å². The quantitative estimate of drug-likeness (QED) is 0.0514. The van der Waals surface area contributed by atoms with Gasteiger partial charge in [0.15, 0.2) is 0 Å². The van der Waals surface area contributed by atoms with E-state index in [-0.39, 0.29) is 65.3 Å². The number of aliphatic imine (C=N–C) groups is 1. The molecule has 3 fully saturated rings. The summed E-state index contributed by atoms with van der Waals surface area (Å²) in [7, 11) is 0. The van der Waals surface area contributed by atoms with E-state index in [4.69, 9.17) is 27.3 Å². The molecule has 4 atom stereocenters. The first-order valence-electron chi connectivity index (χ1n) is 22.5. The molecular formula is C47H58ClN13O5S. The number of aromatic amines is 1. The van der Waals surface area contributed by atoms with Crippen LogP contribution in [-0.4, -0.2) is 141 Å². The molecule has 1 unspecified atom stereocenters. The minimum absolute atomic E-state index is 0.0743. The van der Waals surface area contributed by atoms with Gasteiger partial charge in [-0.25, -0.2) is 9.97 Å². The predicted molar refractivity (Wildman–Crippen MR) is 256 cm³/mol. The third-order valence-electron chi connectivity index (χ3n) is 12.6. The van der Waals surface area contributed by atoms with Gasteiger partial charge in [-0.05, 0) is 68.5 Å². The molecule has 18 nitrogen and oxygen atoms in total. The summed E-state index contributed by atoms with van der Waals surface area (Å²) in [6.45, 7) is 13.4. The number of piperazine rings is 1. The molecule has 354 valence electrons. The van der Waals surface area contributed by atoms with Gasteiger partial charge >= 0.3 is 0 Å². The van der Waals surface area contributed by atoms with Crippen LogP contribution in [0.15, 0.2) is 59.0 Å². The van der Waals surface area contributed by atoms with Crippen molar-refractivity contribution in [3.63, 3.8) is 0 Å². The van der Waals surface area contributed by atoms with Gasteiger partial charge in [-0.3, -0.25) is 34.2 Å². The normalized spacial score (nSPS) is 20.2. The van der Waals surface area contributed by atoms with Crippen LogP contribution in [0.4, 0.5) is 0 Å². The third kappa shape index (κ3) is 12.1. The van der Waals surface area contributed by atoms with Crippen LogP contribution in [0.2, 0.25) is 5.15 Å². The standard InChI is InChI=1S/C47H58ClN13O5S/c1-29(24-51-15-14-35(50)36-11-10-33(23-49)43(48)55-36)54-44(63)37-22-34(57-58-37)27-66-21-5-16-59-17-19-60(20-18-59)26-40(62)56-42-46(65)61-38(12-13-39(61)47(42,3)4)45(64)52-25-31-6-8-32(9-7-31)41-30(2)53-28-67-41/h6-11,14-15,22,28-29,38-39,42H,5,12-13,16-21,24-27,50H2,1-4H3,(H,52,64)(H,54,63)(H,56,62)(H,57,58)/t29-,38-,39?,42+/m0/s1. The number of nitrogens with two attached hydrogens (primary N) is 1. The van der Waals surface area contributed by atoms with Gasteiger partial charge in [0.1, 0.15) is 29.0 Å². The van der Waals surface area contributed by atoms with Crippen LogP contribution in [0.5, 0.6) is 0 Å². The van der Waals surface area contributed by atoms with Crippen molar-refractivity contribution >= 4 is 58.5 Å². The van der Waals surface area contributed by atoms with Crippen LogP contribution >= 0.6 is 22.9 Å². The highest BCUT2D eigenvalue weighted by atomic mass is 35.5. The number of aromatic nitrogens is 4. The SMILES string of the molecule is Cc1ncsc1-c1ccc(CNC(=O)[C@@H]2CCC3N2C(=O)[C@@H](NC(=O)CN2CCN(CCCOCc4cc(C(=O)N[C@@H](C)CN=CC=C(N)c5ccc(C#N)c(Cl)n5)n[nH]4)CC2)C3(C)C)cc1. The van der Waals surface area contributed by atoms with E-state index in [1.807, 2.05) is 63.5 Å². The number of aryl methyl sites for hydroxylation is 1. The molecule has 3 aromatic heterocycles. The topological polar surface area (TPSA) is 240 Å². The van der Waals surface area contributed by atoms with Crippen molar-refractivity contribution in [2.45, 2.75) is 84.3 Å². The second-order valence-electron chi connectivity index (χ2n) is 17.8. The number of thiazole rings is 1. The summed E-state index contributed by atoms with van der Waals surface area (Å²) >= 11 is 7.59. The number of rotatable bonds is 19. The number of allylic oxidation sites excluding steroid dienone is 1. The minimum Gasteiger partial charge on any atom is -0.397 e. The van der Waals surface area contributed by atoms with E-state index in [9.17, 15) is 19.2 Å². The Bertz CT molecular complexity index is 2510. The lowest BCUT2D eigenvalue weighted by Crippen LogP contribution is -2.54. The van der Waals surface area contributed by atoms with Crippen LogP contribution in [-0.2, 0) is 32.3 Å². The third-order valence-corrected chi connectivity index (χ3v) is 13.9. The molecule has 4 amide bonds. The van der Waals surface area contributed by atoms with Crippen molar-refractivity contribution in [3.05, 3.63) is 93.1 Å². The highest BCUT2D eigenvalue weighted by Crippen LogP contribution is 2.45. The van der Waals surface area contributed by atoms with Gasteiger partial charge in [0.25, 0.3) is 5.91 Å². The number of nitrogens with zero attached hydrogens (tertiary/aromatic N) is 8. The minimum atomic E-state index is -0.702. The van der Waals surface area contributed by atoms with Gasteiger partial charge in [-0.2, -0.15) is 10.4 Å². The molecule has 0 aliphatic carbocycles. The van der Waals surface area contributed by atoms with Crippen LogP contribution in [0, 0.1) is 23.7 Å². The summed E-state index contributed by atoms with van der Waals surface area (Å²) in [6, 6.07) is 13.2.